The summed E-state index contributed by atoms with van der Waals surface area (Å²) < 4.78 is 5.66. The summed E-state index contributed by atoms with van der Waals surface area (Å²) in [6.07, 6.45) is 1.70. The van der Waals surface area contributed by atoms with Crippen LogP contribution in [0.4, 0.5) is 10.5 Å². The van der Waals surface area contributed by atoms with Gasteiger partial charge in [0, 0.05) is 57.9 Å². The van der Waals surface area contributed by atoms with Gasteiger partial charge in [-0.2, -0.15) is 0 Å². The highest BCUT2D eigenvalue weighted by atomic mass is 16.6. The SMILES string of the molecule is CC(=O)NC1CCN(c2cccc(COC(=O)N3CC4CNCC4C3)c2C)CC1. The Hall–Kier alpha value is -2.28. The van der Waals surface area contributed by atoms with Crippen LogP contribution in [0.1, 0.15) is 30.9 Å². The number of ether oxygens (including phenoxy) is 1. The maximum atomic E-state index is 12.5. The number of hydrogen-bond donors (Lipinski definition) is 2. The van der Waals surface area contributed by atoms with E-state index < -0.39 is 0 Å². The lowest BCUT2D eigenvalue weighted by Gasteiger charge is -2.35. The first-order chi connectivity index (χ1) is 14.0. The van der Waals surface area contributed by atoms with Crippen molar-refractivity contribution in [2.45, 2.75) is 39.3 Å². The third-order valence-corrected chi connectivity index (χ3v) is 6.66. The van der Waals surface area contributed by atoms with E-state index in [2.05, 4.69) is 28.5 Å². The number of rotatable bonds is 4. The second-order valence-electron chi connectivity index (χ2n) is 8.66. The predicted octanol–water partition coefficient (Wildman–Crippen LogP) is 1.89. The number of piperidine rings is 1. The van der Waals surface area contributed by atoms with Gasteiger partial charge in [-0.3, -0.25) is 4.79 Å². The quantitative estimate of drug-likeness (QED) is 0.807. The Morgan fingerprint density at radius 3 is 2.52 bits per heavy atom. The summed E-state index contributed by atoms with van der Waals surface area (Å²) in [6.45, 7) is 9.45. The third-order valence-electron chi connectivity index (χ3n) is 6.66. The van der Waals surface area contributed by atoms with Crippen molar-refractivity contribution in [1.29, 1.82) is 0 Å². The summed E-state index contributed by atoms with van der Waals surface area (Å²) in [4.78, 5) is 28.0. The Morgan fingerprint density at radius 1 is 1.17 bits per heavy atom. The van der Waals surface area contributed by atoms with Gasteiger partial charge in [0.2, 0.25) is 5.91 Å². The molecule has 3 heterocycles. The fourth-order valence-corrected chi connectivity index (χ4v) is 4.96. The maximum absolute atomic E-state index is 12.5. The standard InChI is InChI=1S/C22H32N4O3/c1-15-17(14-29-22(28)26-12-18-10-23-11-19(18)13-26)4-3-5-21(15)25-8-6-20(7-9-25)24-16(2)27/h3-5,18-20,23H,6-14H2,1-2H3,(H,24,27). The highest BCUT2D eigenvalue weighted by molar-refractivity contribution is 5.73. The molecule has 0 spiro atoms. The second kappa shape index (κ2) is 8.61. The Bertz CT molecular complexity index is 748. The summed E-state index contributed by atoms with van der Waals surface area (Å²) in [5.41, 5.74) is 3.42. The molecule has 29 heavy (non-hydrogen) atoms. The largest absolute Gasteiger partial charge is 0.445 e. The van der Waals surface area contributed by atoms with E-state index in [-0.39, 0.29) is 18.0 Å². The first-order valence-electron chi connectivity index (χ1n) is 10.7. The normalized spacial score (nSPS) is 24.5. The average molecular weight is 401 g/mol. The minimum atomic E-state index is -0.194. The van der Waals surface area contributed by atoms with Crippen LogP contribution < -0.4 is 15.5 Å². The molecule has 0 aromatic heterocycles. The summed E-state index contributed by atoms with van der Waals surface area (Å²) in [7, 11) is 0. The number of carbonyl (C=O) groups is 2. The topological polar surface area (TPSA) is 73.9 Å². The number of hydrogen-bond acceptors (Lipinski definition) is 5. The molecule has 3 aliphatic rings. The Balaban J connectivity index is 1.32. The molecule has 7 heteroatoms. The molecular weight excluding hydrogens is 368 g/mol. The van der Waals surface area contributed by atoms with Crippen molar-refractivity contribution in [3.8, 4) is 0 Å². The van der Waals surface area contributed by atoms with Crippen LogP contribution in [-0.4, -0.2) is 62.2 Å². The molecule has 1 aromatic rings. The fraction of sp³-hybridized carbons (Fsp3) is 0.636. The molecule has 2 N–H and O–H groups in total. The zero-order valence-corrected chi connectivity index (χ0v) is 17.4. The van der Waals surface area contributed by atoms with E-state index in [0.717, 1.165) is 57.7 Å². The molecule has 2 unspecified atom stereocenters. The van der Waals surface area contributed by atoms with Crippen LogP contribution >= 0.6 is 0 Å². The Labute approximate surface area is 172 Å². The summed E-state index contributed by atoms with van der Waals surface area (Å²) in [5.74, 6) is 1.20. The van der Waals surface area contributed by atoms with Gasteiger partial charge < -0.3 is 25.2 Å². The first-order valence-corrected chi connectivity index (χ1v) is 10.7. The van der Waals surface area contributed by atoms with Crippen molar-refractivity contribution >= 4 is 17.7 Å². The molecule has 158 valence electrons. The highest BCUT2D eigenvalue weighted by Gasteiger charge is 2.38. The van der Waals surface area contributed by atoms with E-state index >= 15 is 0 Å². The van der Waals surface area contributed by atoms with Gasteiger partial charge >= 0.3 is 6.09 Å². The second-order valence-corrected chi connectivity index (χ2v) is 8.66. The zero-order chi connectivity index (χ0) is 20.4. The van der Waals surface area contributed by atoms with Crippen molar-refractivity contribution in [1.82, 2.24) is 15.5 Å². The lowest BCUT2D eigenvalue weighted by molar-refractivity contribution is -0.119. The number of amides is 2. The minimum absolute atomic E-state index is 0.0429. The van der Waals surface area contributed by atoms with Gasteiger partial charge in [0.15, 0.2) is 0 Å². The molecular formula is C22H32N4O3. The van der Waals surface area contributed by atoms with Gasteiger partial charge in [-0.05, 0) is 48.8 Å². The fourth-order valence-electron chi connectivity index (χ4n) is 4.96. The number of nitrogens with zero attached hydrogens (tertiary/aromatic N) is 2. The van der Waals surface area contributed by atoms with Crippen LogP contribution in [0.25, 0.3) is 0 Å². The van der Waals surface area contributed by atoms with E-state index in [9.17, 15) is 9.59 Å². The van der Waals surface area contributed by atoms with Crippen molar-refractivity contribution in [3.05, 3.63) is 29.3 Å². The van der Waals surface area contributed by atoms with Gasteiger partial charge in [0.05, 0.1) is 0 Å². The molecule has 0 saturated carbocycles. The molecule has 3 saturated heterocycles. The average Bonchev–Trinajstić information content (AvgIpc) is 3.29. The van der Waals surface area contributed by atoms with Crippen LogP contribution in [0, 0.1) is 18.8 Å². The van der Waals surface area contributed by atoms with Crippen molar-refractivity contribution in [2.24, 2.45) is 11.8 Å². The monoisotopic (exact) mass is 400 g/mol. The number of nitrogens with one attached hydrogen (secondary N) is 2. The van der Waals surface area contributed by atoms with Gasteiger partial charge in [-0.1, -0.05) is 12.1 Å². The molecule has 7 nitrogen and oxygen atoms in total. The van der Waals surface area contributed by atoms with Crippen molar-refractivity contribution < 1.29 is 14.3 Å². The van der Waals surface area contributed by atoms with E-state index in [4.69, 9.17) is 4.74 Å². The molecule has 2 amide bonds. The van der Waals surface area contributed by atoms with Crippen LogP contribution in [0.2, 0.25) is 0 Å². The summed E-state index contributed by atoms with van der Waals surface area (Å²) >= 11 is 0. The first kappa shape index (κ1) is 20.0. The van der Waals surface area contributed by atoms with E-state index in [1.807, 2.05) is 17.0 Å². The minimum Gasteiger partial charge on any atom is -0.445 e. The molecule has 0 radical (unpaired) electrons. The van der Waals surface area contributed by atoms with E-state index in [1.165, 1.54) is 11.3 Å². The number of carbonyl (C=O) groups excluding carboxylic acids is 2. The van der Waals surface area contributed by atoms with Gasteiger partial charge in [0.1, 0.15) is 6.61 Å². The van der Waals surface area contributed by atoms with E-state index in [0.29, 0.717) is 18.4 Å². The highest BCUT2D eigenvalue weighted by Crippen LogP contribution is 2.29. The molecule has 3 fully saturated rings. The molecule has 3 aliphatic heterocycles. The smallest absolute Gasteiger partial charge is 0.410 e. The van der Waals surface area contributed by atoms with Crippen LogP contribution in [0.3, 0.4) is 0 Å². The number of fused-ring (bicyclic) bond motifs is 1. The van der Waals surface area contributed by atoms with E-state index in [1.54, 1.807) is 6.92 Å². The molecule has 2 atom stereocenters. The lowest BCUT2D eigenvalue weighted by atomic mass is 10.0. The number of anilines is 1. The molecule has 1 aromatic carbocycles. The molecule has 0 bridgehead atoms. The van der Waals surface area contributed by atoms with Gasteiger partial charge in [-0.15, -0.1) is 0 Å². The van der Waals surface area contributed by atoms with Crippen LogP contribution in [-0.2, 0) is 16.1 Å². The zero-order valence-electron chi connectivity index (χ0n) is 17.4. The van der Waals surface area contributed by atoms with Gasteiger partial charge in [-0.25, -0.2) is 4.79 Å². The van der Waals surface area contributed by atoms with Crippen LogP contribution in [0.5, 0.6) is 0 Å². The van der Waals surface area contributed by atoms with Crippen LogP contribution in [0.15, 0.2) is 18.2 Å². The predicted molar refractivity (Wildman–Crippen MR) is 112 cm³/mol. The van der Waals surface area contributed by atoms with Crippen molar-refractivity contribution in [3.63, 3.8) is 0 Å². The number of benzene rings is 1. The maximum Gasteiger partial charge on any atom is 0.410 e. The third kappa shape index (κ3) is 4.50. The molecule has 4 rings (SSSR count). The Morgan fingerprint density at radius 2 is 1.86 bits per heavy atom. The van der Waals surface area contributed by atoms with Crippen molar-refractivity contribution in [2.75, 3.05) is 44.2 Å². The Kier molecular flexibility index (Phi) is 5.94. The van der Waals surface area contributed by atoms with Gasteiger partial charge in [0.25, 0.3) is 0 Å². The molecule has 0 aliphatic carbocycles. The summed E-state index contributed by atoms with van der Waals surface area (Å²) in [5, 5.41) is 6.42. The lowest BCUT2D eigenvalue weighted by Crippen LogP contribution is -2.44. The number of likely N-dealkylation sites (tertiary alicyclic amines) is 1. The summed E-state index contributed by atoms with van der Waals surface area (Å²) in [6, 6.07) is 6.48.